The van der Waals surface area contributed by atoms with Gasteiger partial charge in [0.1, 0.15) is 5.60 Å². The van der Waals surface area contributed by atoms with E-state index in [1.807, 2.05) is 26.0 Å². The minimum atomic E-state index is -0.618. The maximum Gasteiger partial charge on any atom is 0.231 e. The summed E-state index contributed by atoms with van der Waals surface area (Å²) in [5.41, 5.74) is 1.37. The first-order valence-corrected chi connectivity index (χ1v) is 6.45. The van der Waals surface area contributed by atoms with E-state index in [4.69, 9.17) is 14.2 Å². The molecule has 0 spiro atoms. The Morgan fingerprint density at radius 1 is 1.37 bits per heavy atom. The molecule has 0 unspecified atom stereocenters. The van der Waals surface area contributed by atoms with Gasteiger partial charge in [-0.2, -0.15) is 0 Å². The standard InChI is InChI=1S/C15H18O4/c1-4-5-9-6-10-7-11(16)15(2,3)19-13(10)14-12(9)17-8-18-14/h4,6,11,16H,1,5,7-8H2,2-3H3/t11-/m1/s1. The van der Waals surface area contributed by atoms with Crippen molar-refractivity contribution in [3.63, 3.8) is 0 Å². The van der Waals surface area contributed by atoms with Crippen LogP contribution in [-0.4, -0.2) is 23.6 Å². The SMILES string of the molecule is C=CCc1cc2c(c3c1OCO3)OC(C)(C)[C@H](O)C2. The van der Waals surface area contributed by atoms with Crippen LogP contribution in [0.2, 0.25) is 0 Å². The molecule has 1 N–H and O–H groups in total. The van der Waals surface area contributed by atoms with Gasteiger partial charge in [-0.05, 0) is 26.3 Å². The second-order valence-corrected chi connectivity index (χ2v) is 5.51. The molecule has 102 valence electrons. The van der Waals surface area contributed by atoms with Gasteiger partial charge in [0.15, 0.2) is 11.5 Å². The third-order valence-electron chi connectivity index (χ3n) is 3.70. The average molecular weight is 262 g/mol. The van der Waals surface area contributed by atoms with Crippen LogP contribution in [0, 0.1) is 0 Å². The molecule has 1 aromatic rings. The molecule has 19 heavy (non-hydrogen) atoms. The summed E-state index contributed by atoms with van der Waals surface area (Å²) >= 11 is 0. The molecule has 0 aromatic heterocycles. The third-order valence-corrected chi connectivity index (χ3v) is 3.70. The number of ether oxygens (including phenoxy) is 3. The number of fused-ring (bicyclic) bond motifs is 3. The highest BCUT2D eigenvalue weighted by Crippen LogP contribution is 2.49. The van der Waals surface area contributed by atoms with Crippen molar-refractivity contribution in [2.75, 3.05) is 6.79 Å². The van der Waals surface area contributed by atoms with Crippen LogP contribution in [-0.2, 0) is 12.8 Å². The van der Waals surface area contributed by atoms with Crippen LogP contribution in [0.3, 0.4) is 0 Å². The summed E-state index contributed by atoms with van der Waals surface area (Å²) in [5.74, 6) is 2.11. The van der Waals surface area contributed by atoms with Gasteiger partial charge in [0, 0.05) is 17.5 Å². The van der Waals surface area contributed by atoms with Crippen molar-refractivity contribution in [1.29, 1.82) is 0 Å². The molecule has 2 heterocycles. The Bertz CT molecular complexity index is 533. The summed E-state index contributed by atoms with van der Waals surface area (Å²) in [6, 6.07) is 2.02. The van der Waals surface area contributed by atoms with E-state index in [0.717, 1.165) is 16.9 Å². The fourth-order valence-corrected chi connectivity index (χ4v) is 2.53. The summed E-state index contributed by atoms with van der Waals surface area (Å²) in [7, 11) is 0. The van der Waals surface area contributed by atoms with Gasteiger partial charge in [-0.25, -0.2) is 0 Å². The minimum Gasteiger partial charge on any atom is -0.481 e. The van der Waals surface area contributed by atoms with Crippen molar-refractivity contribution >= 4 is 0 Å². The lowest BCUT2D eigenvalue weighted by molar-refractivity contribution is -0.0426. The number of hydrogen-bond donors (Lipinski definition) is 1. The monoisotopic (exact) mass is 262 g/mol. The second-order valence-electron chi connectivity index (χ2n) is 5.51. The number of aliphatic hydroxyl groups excluding tert-OH is 1. The number of allylic oxidation sites excluding steroid dienone is 1. The lowest BCUT2D eigenvalue weighted by Crippen LogP contribution is -2.46. The van der Waals surface area contributed by atoms with Crippen LogP contribution < -0.4 is 14.2 Å². The first kappa shape index (κ1) is 12.4. The highest BCUT2D eigenvalue weighted by molar-refractivity contribution is 5.62. The first-order chi connectivity index (χ1) is 9.03. The molecule has 4 heteroatoms. The molecule has 0 radical (unpaired) electrons. The predicted molar refractivity (Wildman–Crippen MR) is 70.9 cm³/mol. The van der Waals surface area contributed by atoms with Gasteiger partial charge in [0.05, 0.1) is 6.10 Å². The number of aliphatic hydroxyl groups is 1. The quantitative estimate of drug-likeness (QED) is 0.830. The Balaban J connectivity index is 2.13. The van der Waals surface area contributed by atoms with Crippen LogP contribution in [0.25, 0.3) is 0 Å². The summed E-state index contributed by atoms with van der Waals surface area (Å²) in [5, 5.41) is 10.1. The Kier molecular flexibility index (Phi) is 2.71. The van der Waals surface area contributed by atoms with Gasteiger partial charge in [-0.15, -0.1) is 6.58 Å². The summed E-state index contributed by atoms with van der Waals surface area (Å²) < 4.78 is 17.0. The van der Waals surface area contributed by atoms with Gasteiger partial charge >= 0.3 is 0 Å². The van der Waals surface area contributed by atoms with E-state index in [-0.39, 0.29) is 6.79 Å². The number of benzene rings is 1. The largest absolute Gasteiger partial charge is 0.481 e. The third kappa shape index (κ3) is 1.87. The molecule has 2 aliphatic heterocycles. The zero-order chi connectivity index (χ0) is 13.6. The van der Waals surface area contributed by atoms with Crippen LogP contribution in [0.15, 0.2) is 18.7 Å². The maximum absolute atomic E-state index is 10.1. The van der Waals surface area contributed by atoms with Gasteiger partial charge in [-0.3, -0.25) is 0 Å². The molecule has 1 aromatic carbocycles. The normalized spacial score (nSPS) is 22.6. The fraction of sp³-hybridized carbons (Fsp3) is 0.467. The molecular formula is C15H18O4. The van der Waals surface area contributed by atoms with Crippen molar-refractivity contribution in [1.82, 2.24) is 0 Å². The molecule has 2 aliphatic rings. The Morgan fingerprint density at radius 2 is 2.11 bits per heavy atom. The molecule has 0 bridgehead atoms. The van der Waals surface area contributed by atoms with Crippen LogP contribution in [0.4, 0.5) is 0 Å². The highest BCUT2D eigenvalue weighted by atomic mass is 16.7. The van der Waals surface area contributed by atoms with E-state index in [2.05, 4.69) is 6.58 Å². The molecule has 0 fully saturated rings. The van der Waals surface area contributed by atoms with E-state index in [1.54, 1.807) is 0 Å². The van der Waals surface area contributed by atoms with Gasteiger partial charge < -0.3 is 19.3 Å². The zero-order valence-corrected chi connectivity index (χ0v) is 11.2. The zero-order valence-electron chi connectivity index (χ0n) is 11.2. The van der Waals surface area contributed by atoms with Crippen molar-refractivity contribution in [2.24, 2.45) is 0 Å². The Morgan fingerprint density at radius 3 is 2.84 bits per heavy atom. The lowest BCUT2D eigenvalue weighted by atomic mass is 9.89. The smallest absolute Gasteiger partial charge is 0.231 e. The summed E-state index contributed by atoms with van der Waals surface area (Å²) in [6.07, 6.45) is 2.56. The van der Waals surface area contributed by atoms with E-state index in [0.29, 0.717) is 24.3 Å². The summed E-state index contributed by atoms with van der Waals surface area (Å²) in [4.78, 5) is 0. The molecule has 1 atom stereocenters. The molecule has 0 aliphatic carbocycles. The topological polar surface area (TPSA) is 47.9 Å². The highest BCUT2D eigenvalue weighted by Gasteiger charge is 2.39. The molecule has 0 saturated carbocycles. The number of hydrogen-bond acceptors (Lipinski definition) is 4. The van der Waals surface area contributed by atoms with E-state index < -0.39 is 11.7 Å². The Labute approximate surface area is 112 Å². The van der Waals surface area contributed by atoms with Gasteiger partial charge in [0.2, 0.25) is 12.5 Å². The van der Waals surface area contributed by atoms with E-state index in [9.17, 15) is 5.11 Å². The van der Waals surface area contributed by atoms with Crippen molar-refractivity contribution < 1.29 is 19.3 Å². The van der Waals surface area contributed by atoms with Crippen LogP contribution in [0.1, 0.15) is 25.0 Å². The van der Waals surface area contributed by atoms with Crippen molar-refractivity contribution in [3.8, 4) is 17.2 Å². The molecular weight excluding hydrogens is 244 g/mol. The minimum absolute atomic E-state index is 0.211. The van der Waals surface area contributed by atoms with Gasteiger partial charge in [-0.1, -0.05) is 6.08 Å². The van der Waals surface area contributed by atoms with E-state index in [1.165, 1.54) is 0 Å². The predicted octanol–water partition coefficient (Wildman–Crippen LogP) is 2.22. The second kappa shape index (κ2) is 4.17. The molecule has 3 rings (SSSR count). The average Bonchev–Trinajstić information content (AvgIpc) is 2.82. The summed E-state index contributed by atoms with van der Waals surface area (Å²) in [6.45, 7) is 7.72. The maximum atomic E-state index is 10.1. The van der Waals surface area contributed by atoms with Crippen molar-refractivity contribution in [2.45, 2.75) is 38.4 Å². The number of rotatable bonds is 2. The van der Waals surface area contributed by atoms with Crippen LogP contribution >= 0.6 is 0 Å². The first-order valence-electron chi connectivity index (χ1n) is 6.45. The van der Waals surface area contributed by atoms with Crippen molar-refractivity contribution in [3.05, 3.63) is 29.8 Å². The Hall–Kier alpha value is -1.68. The fourth-order valence-electron chi connectivity index (χ4n) is 2.53. The lowest BCUT2D eigenvalue weighted by Gasteiger charge is -2.37. The van der Waals surface area contributed by atoms with Gasteiger partial charge in [0.25, 0.3) is 0 Å². The molecule has 0 amide bonds. The molecule has 4 nitrogen and oxygen atoms in total. The van der Waals surface area contributed by atoms with E-state index >= 15 is 0 Å². The molecule has 0 saturated heterocycles. The van der Waals surface area contributed by atoms with Crippen LogP contribution in [0.5, 0.6) is 17.2 Å².